The fourth-order valence-corrected chi connectivity index (χ4v) is 4.52. The second-order valence-electron chi connectivity index (χ2n) is 7.94. The number of nitro groups is 1. The third-order valence-electron chi connectivity index (χ3n) is 5.26. The van der Waals surface area contributed by atoms with E-state index in [0.717, 1.165) is 21.3 Å². The Balaban J connectivity index is 1.67. The molecule has 3 aromatic carbocycles. The number of fused-ring (bicyclic) bond motifs is 1. The Hall–Kier alpha value is -3.84. The molecular formula is C26H23N3O3S. The number of carbonyl (C=O) groups excluding carboxylic acids is 1. The van der Waals surface area contributed by atoms with Gasteiger partial charge in [-0.2, -0.15) is 0 Å². The molecule has 0 radical (unpaired) electrons. The summed E-state index contributed by atoms with van der Waals surface area (Å²) < 4.78 is 1.04. The zero-order valence-corrected chi connectivity index (χ0v) is 19.2. The number of hydrogen-bond donors (Lipinski definition) is 0. The van der Waals surface area contributed by atoms with Crippen molar-refractivity contribution >= 4 is 44.4 Å². The highest BCUT2D eigenvalue weighted by Crippen LogP contribution is 2.34. The van der Waals surface area contributed by atoms with Gasteiger partial charge in [0.1, 0.15) is 0 Å². The fraction of sp³-hybridized carbons (Fsp3) is 0.154. The first kappa shape index (κ1) is 22.4. The van der Waals surface area contributed by atoms with Gasteiger partial charge < -0.3 is 0 Å². The van der Waals surface area contributed by atoms with Crippen LogP contribution in [0.2, 0.25) is 0 Å². The van der Waals surface area contributed by atoms with Crippen molar-refractivity contribution in [3.63, 3.8) is 0 Å². The first-order chi connectivity index (χ1) is 15.9. The van der Waals surface area contributed by atoms with Crippen LogP contribution in [-0.2, 0) is 11.3 Å². The number of carbonyl (C=O) groups is 1. The van der Waals surface area contributed by atoms with Gasteiger partial charge in [0.05, 0.1) is 21.7 Å². The molecule has 0 aliphatic heterocycles. The molecule has 0 atom stereocenters. The van der Waals surface area contributed by atoms with Crippen molar-refractivity contribution in [3.8, 4) is 0 Å². The molecule has 166 valence electrons. The molecule has 6 nitrogen and oxygen atoms in total. The van der Waals surface area contributed by atoms with Gasteiger partial charge in [-0.05, 0) is 46.9 Å². The first-order valence-corrected chi connectivity index (χ1v) is 11.4. The quantitative estimate of drug-likeness (QED) is 0.179. The number of hydrogen-bond acceptors (Lipinski definition) is 5. The van der Waals surface area contributed by atoms with Crippen molar-refractivity contribution in [2.75, 3.05) is 4.90 Å². The number of non-ortho nitro benzene ring substituents is 1. The van der Waals surface area contributed by atoms with Crippen LogP contribution < -0.4 is 4.90 Å². The van der Waals surface area contributed by atoms with Gasteiger partial charge in [-0.1, -0.05) is 67.6 Å². The monoisotopic (exact) mass is 457 g/mol. The number of aromatic nitrogens is 1. The number of rotatable bonds is 7. The third kappa shape index (κ3) is 5.15. The van der Waals surface area contributed by atoms with E-state index in [1.807, 2.05) is 42.5 Å². The zero-order chi connectivity index (χ0) is 23.4. The number of benzene rings is 3. The predicted molar refractivity (Wildman–Crippen MR) is 133 cm³/mol. The van der Waals surface area contributed by atoms with E-state index in [0.29, 0.717) is 23.2 Å². The second kappa shape index (κ2) is 9.75. The molecule has 1 heterocycles. The lowest BCUT2D eigenvalue weighted by atomic mass is 10.0. The Labute approximate surface area is 196 Å². The fourth-order valence-electron chi connectivity index (χ4n) is 3.51. The molecule has 0 fully saturated rings. The van der Waals surface area contributed by atoms with Crippen molar-refractivity contribution in [2.24, 2.45) is 0 Å². The molecule has 0 spiro atoms. The SMILES string of the molecule is CC(C)c1cccc2sc(N(Cc3ccccc3)C(=O)/C=C/c3ccc([N+](=O)[O-])cc3)nc12. The number of nitro benzene ring substituents is 1. The van der Waals surface area contributed by atoms with Crippen LogP contribution in [0.4, 0.5) is 10.8 Å². The molecule has 0 aliphatic rings. The van der Waals surface area contributed by atoms with E-state index in [1.54, 1.807) is 23.1 Å². The Morgan fingerprint density at radius 3 is 2.45 bits per heavy atom. The van der Waals surface area contributed by atoms with Crippen LogP contribution in [0.3, 0.4) is 0 Å². The Morgan fingerprint density at radius 1 is 1.06 bits per heavy atom. The number of para-hydroxylation sites is 1. The summed E-state index contributed by atoms with van der Waals surface area (Å²) in [6.07, 6.45) is 3.15. The lowest BCUT2D eigenvalue weighted by Gasteiger charge is -2.18. The first-order valence-electron chi connectivity index (χ1n) is 10.6. The lowest BCUT2D eigenvalue weighted by Crippen LogP contribution is -2.28. The van der Waals surface area contributed by atoms with Crippen molar-refractivity contribution in [3.05, 3.63) is 106 Å². The molecule has 1 aromatic heterocycles. The highest BCUT2D eigenvalue weighted by molar-refractivity contribution is 7.22. The minimum absolute atomic E-state index is 0.0135. The van der Waals surface area contributed by atoms with Gasteiger partial charge in [0.25, 0.3) is 11.6 Å². The van der Waals surface area contributed by atoms with Crippen LogP contribution in [0, 0.1) is 10.1 Å². The van der Waals surface area contributed by atoms with Gasteiger partial charge in [-0.25, -0.2) is 4.98 Å². The Bertz CT molecular complexity index is 1310. The lowest BCUT2D eigenvalue weighted by molar-refractivity contribution is -0.384. The number of amides is 1. The van der Waals surface area contributed by atoms with Crippen molar-refractivity contribution < 1.29 is 9.72 Å². The summed E-state index contributed by atoms with van der Waals surface area (Å²) in [5, 5.41) is 11.5. The maximum Gasteiger partial charge on any atom is 0.269 e. The highest BCUT2D eigenvalue weighted by Gasteiger charge is 2.20. The van der Waals surface area contributed by atoms with Crippen molar-refractivity contribution in [1.29, 1.82) is 0 Å². The predicted octanol–water partition coefficient (Wildman–Crippen LogP) is 6.57. The second-order valence-corrected chi connectivity index (χ2v) is 8.95. The summed E-state index contributed by atoms with van der Waals surface area (Å²) in [7, 11) is 0. The van der Waals surface area contributed by atoms with Crippen molar-refractivity contribution in [1.82, 2.24) is 4.98 Å². The van der Waals surface area contributed by atoms with Crippen LogP contribution in [-0.4, -0.2) is 15.8 Å². The molecule has 0 saturated heterocycles. The van der Waals surface area contributed by atoms with Gasteiger partial charge in [0.2, 0.25) is 0 Å². The van der Waals surface area contributed by atoms with E-state index in [2.05, 4.69) is 19.9 Å². The largest absolute Gasteiger partial charge is 0.280 e. The number of thiazole rings is 1. The van der Waals surface area contributed by atoms with E-state index >= 15 is 0 Å². The topological polar surface area (TPSA) is 76.3 Å². The number of nitrogens with zero attached hydrogens (tertiary/aromatic N) is 3. The molecule has 7 heteroatoms. The minimum atomic E-state index is -0.446. The van der Waals surface area contributed by atoms with Gasteiger partial charge in [-0.3, -0.25) is 19.8 Å². The van der Waals surface area contributed by atoms with E-state index in [1.165, 1.54) is 29.5 Å². The van der Waals surface area contributed by atoms with E-state index < -0.39 is 4.92 Å². The number of anilines is 1. The Kier molecular flexibility index (Phi) is 6.60. The van der Waals surface area contributed by atoms with E-state index in [4.69, 9.17) is 4.98 Å². The molecular weight excluding hydrogens is 434 g/mol. The molecule has 1 amide bonds. The molecule has 4 aromatic rings. The normalized spacial score (nSPS) is 11.4. The van der Waals surface area contributed by atoms with Gasteiger partial charge in [-0.15, -0.1) is 0 Å². The summed E-state index contributed by atoms with van der Waals surface area (Å²) in [6.45, 7) is 4.66. The highest BCUT2D eigenvalue weighted by atomic mass is 32.1. The van der Waals surface area contributed by atoms with Crippen LogP contribution in [0.1, 0.15) is 36.5 Å². The average molecular weight is 458 g/mol. The molecule has 33 heavy (non-hydrogen) atoms. The summed E-state index contributed by atoms with van der Waals surface area (Å²) in [5.41, 5.74) is 3.80. The van der Waals surface area contributed by atoms with Crippen LogP contribution in [0.5, 0.6) is 0 Å². The van der Waals surface area contributed by atoms with Crippen molar-refractivity contribution in [2.45, 2.75) is 26.3 Å². The molecule has 0 N–H and O–H groups in total. The molecule has 4 rings (SSSR count). The van der Waals surface area contributed by atoms with Crippen LogP contribution >= 0.6 is 11.3 Å². The zero-order valence-electron chi connectivity index (χ0n) is 18.3. The third-order valence-corrected chi connectivity index (χ3v) is 6.31. The van der Waals surface area contributed by atoms with E-state index in [9.17, 15) is 14.9 Å². The summed E-state index contributed by atoms with van der Waals surface area (Å²) >= 11 is 1.50. The molecule has 0 saturated carbocycles. The maximum atomic E-state index is 13.3. The van der Waals surface area contributed by atoms with E-state index in [-0.39, 0.29) is 11.6 Å². The van der Waals surface area contributed by atoms with Crippen LogP contribution in [0.25, 0.3) is 16.3 Å². The molecule has 0 bridgehead atoms. The Morgan fingerprint density at radius 2 is 1.79 bits per heavy atom. The molecule has 0 unspecified atom stereocenters. The smallest absolute Gasteiger partial charge is 0.269 e. The maximum absolute atomic E-state index is 13.3. The van der Waals surface area contributed by atoms with Gasteiger partial charge >= 0.3 is 0 Å². The van der Waals surface area contributed by atoms with Gasteiger partial charge in [0.15, 0.2) is 5.13 Å². The summed E-state index contributed by atoms with van der Waals surface area (Å²) in [4.78, 5) is 30.2. The standard InChI is InChI=1S/C26H23N3O3S/c1-18(2)22-9-6-10-23-25(22)27-26(33-23)28(17-20-7-4-3-5-8-20)24(30)16-13-19-11-14-21(15-12-19)29(31)32/h3-16,18H,17H2,1-2H3/b16-13+. The minimum Gasteiger partial charge on any atom is -0.280 e. The van der Waals surface area contributed by atoms with Gasteiger partial charge in [0, 0.05) is 18.2 Å². The summed E-state index contributed by atoms with van der Waals surface area (Å²) in [6, 6.07) is 22.0. The average Bonchev–Trinajstić information content (AvgIpc) is 3.25. The summed E-state index contributed by atoms with van der Waals surface area (Å²) in [5.74, 6) is 0.117. The van der Waals surface area contributed by atoms with Crippen LogP contribution in [0.15, 0.2) is 78.9 Å². The molecule has 0 aliphatic carbocycles.